The highest BCUT2D eigenvalue weighted by molar-refractivity contribution is 6.36. The van der Waals surface area contributed by atoms with E-state index in [1.807, 2.05) is 30.3 Å². The summed E-state index contributed by atoms with van der Waals surface area (Å²) in [6.07, 6.45) is 7.11. The Balaban J connectivity index is 1.24. The van der Waals surface area contributed by atoms with Crippen molar-refractivity contribution in [2.24, 2.45) is 0 Å². The first kappa shape index (κ1) is 32.8. The number of piperidine rings is 1. The Morgan fingerprint density at radius 3 is 2.32 bits per heavy atom. The number of aliphatic hydroxyl groups excluding tert-OH is 1. The molecule has 0 unspecified atom stereocenters. The minimum absolute atomic E-state index is 0.306. The number of rotatable bonds is 11. The molecule has 2 fully saturated rings. The van der Waals surface area contributed by atoms with Crippen molar-refractivity contribution in [2.45, 2.75) is 57.8 Å². The molecule has 0 bridgehead atoms. The van der Waals surface area contributed by atoms with Crippen LogP contribution in [0.1, 0.15) is 42.6 Å². The largest absolute Gasteiger partial charge is 0.480 e. The molecule has 3 N–H and O–H groups in total. The molecule has 6 rings (SSSR count). The van der Waals surface area contributed by atoms with Gasteiger partial charge in [0, 0.05) is 54.6 Å². The van der Waals surface area contributed by atoms with Crippen LogP contribution in [0.3, 0.4) is 0 Å². The Morgan fingerprint density at radius 1 is 0.957 bits per heavy atom. The van der Waals surface area contributed by atoms with Crippen LogP contribution in [0, 0.1) is 6.92 Å². The molecule has 0 aliphatic carbocycles. The number of β-amino-alcohol motifs (C(OH)–C–C–N with tert-alkyl or cyclic N) is 1. The molecule has 2 saturated heterocycles. The lowest BCUT2D eigenvalue weighted by Crippen LogP contribution is -2.37. The Kier molecular flexibility index (Phi) is 10.3. The predicted octanol–water partition coefficient (Wildman–Crippen LogP) is 5.56. The van der Waals surface area contributed by atoms with Crippen LogP contribution in [0.5, 0.6) is 11.8 Å². The van der Waals surface area contributed by atoms with Crippen LogP contribution in [0.4, 0.5) is 0 Å². The van der Waals surface area contributed by atoms with Crippen LogP contribution in [0.15, 0.2) is 61.1 Å². The fraction of sp³-hybridized carbons (Fsp3) is 0.389. The maximum Gasteiger partial charge on any atom is 0.237 e. The maximum absolute atomic E-state index is 10.1. The molecule has 0 spiro atoms. The molecule has 246 valence electrons. The summed E-state index contributed by atoms with van der Waals surface area (Å²) in [6, 6.07) is 12.4. The van der Waals surface area contributed by atoms with Crippen molar-refractivity contribution >= 4 is 11.6 Å². The Labute approximate surface area is 281 Å². The number of nitrogens with zero attached hydrogens (tertiary/aromatic N) is 5. The molecule has 11 heteroatoms. The zero-order chi connectivity index (χ0) is 32.9. The summed E-state index contributed by atoms with van der Waals surface area (Å²) in [7, 11) is 3.22. The zero-order valence-electron chi connectivity index (χ0n) is 27.2. The molecular formula is C36H42ClN7O3. The highest BCUT2D eigenvalue weighted by atomic mass is 35.5. The van der Waals surface area contributed by atoms with Gasteiger partial charge in [0.1, 0.15) is 11.4 Å². The van der Waals surface area contributed by atoms with Crippen molar-refractivity contribution in [3.05, 3.63) is 83.0 Å². The first-order valence-corrected chi connectivity index (χ1v) is 16.5. The number of likely N-dealkylation sites (tertiary alicyclic amines) is 1. The van der Waals surface area contributed by atoms with Crippen LogP contribution in [0.2, 0.25) is 5.02 Å². The van der Waals surface area contributed by atoms with Gasteiger partial charge in [0.25, 0.3) is 0 Å². The van der Waals surface area contributed by atoms with Crippen molar-refractivity contribution in [3.8, 4) is 45.4 Å². The van der Waals surface area contributed by atoms with Gasteiger partial charge >= 0.3 is 0 Å². The Hall–Kier alpha value is -4.09. The zero-order valence-corrected chi connectivity index (χ0v) is 28.0. The molecule has 0 radical (unpaired) electrons. The van der Waals surface area contributed by atoms with E-state index in [4.69, 9.17) is 41.0 Å². The summed E-state index contributed by atoms with van der Waals surface area (Å²) < 4.78 is 11.3. The number of hydrogen-bond donors (Lipinski definition) is 3. The van der Waals surface area contributed by atoms with Gasteiger partial charge in [-0.1, -0.05) is 54.6 Å². The quantitative estimate of drug-likeness (QED) is 0.190. The summed E-state index contributed by atoms with van der Waals surface area (Å²) in [5.74, 6) is 0.950. The van der Waals surface area contributed by atoms with E-state index in [1.54, 1.807) is 26.6 Å². The molecule has 4 heterocycles. The van der Waals surface area contributed by atoms with E-state index in [2.05, 4.69) is 35.1 Å². The van der Waals surface area contributed by atoms with Crippen molar-refractivity contribution in [1.82, 2.24) is 35.5 Å². The number of halogens is 1. The number of methoxy groups -OCH3 is 2. The first-order chi connectivity index (χ1) is 22.8. The van der Waals surface area contributed by atoms with Crippen LogP contribution in [-0.4, -0.2) is 75.9 Å². The summed E-state index contributed by atoms with van der Waals surface area (Å²) in [5.41, 5.74) is 8.49. The monoisotopic (exact) mass is 655 g/mol. The van der Waals surface area contributed by atoms with Gasteiger partial charge in [-0.05, 0) is 50.3 Å². The van der Waals surface area contributed by atoms with Gasteiger partial charge in [-0.15, -0.1) is 0 Å². The maximum atomic E-state index is 10.1. The summed E-state index contributed by atoms with van der Waals surface area (Å²) in [5, 5.41) is 17.5. The molecule has 0 amide bonds. The Morgan fingerprint density at radius 2 is 1.62 bits per heavy atom. The van der Waals surface area contributed by atoms with Crippen molar-refractivity contribution < 1.29 is 14.6 Å². The molecule has 0 saturated carbocycles. The van der Waals surface area contributed by atoms with E-state index >= 15 is 0 Å². The minimum atomic E-state index is -0.306. The van der Waals surface area contributed by atoms with E-state index in [9.17, 15) is 5.11 Å². The van der Waals surface area contributed by atoms with Gasteiger partial charge in [-0.3, -0.25) is 14.9 Å². The molecule has 2 atom stereocenters. The molecule has 47 heavy (non-hydrogen) atoms. The second kappa shape index (κ2) is 14.8. The molecule has 4 aromatic rings. The van der Waals surface area contributed by atoms with Gasteiger partial charge in [0.05, 0.1) is 49.1 Å². The Bertz CT molecular complexity index is 1750. The molecule has 2 aliphatic heterocycles. The van der Waals surface area contributed by atoms with Gasteiger partial charge in [-0.2, -0.15) is 0 Å². The number of aliphatic hydroxyl groups is 1. The molecule has 10 nitrogen and oxygen atoms in total. The van der Waals surface area contributed by atoms with Gasteiger partial charge in [0.2, 0.25) is 11.8 Å². The normalized spacial score (nSPS) is 18.3. The third kappa shape index (κ3) is 7.41. The standard InChI is InChI=1S/C36H42ClN7O3/c1-22-13-14-24(41-22)16-38-17-32-35(46-3)43-31(19-39-32)29-12-6-11-28(34(29)37)26-9-5-10-27(23(26)2)30-18-40-33(36(42-30)47-4)21-44-15-7-8-25(45)20-44/h5-6,9-12,18-19,24-25,38,41,45H,1,7-8,13-17,20-21H2,2-4H3/t24-,25+/m0/s1. The van der Waals surface area contributed by atoms with Crippen molar-refractivity contribution in [2.75, 3.05) is 33.9 Å². The van der Waals surface area contributed by atoms with E-state index < -0.39 is 0 Å². The highest BCUT2D eigenvalue weighted by Gasteiger charge is 2.22. The van der Waals surface area contributed by atoms with Crippen LogP contribution in [-0.2, 0) is 13.1 Å². The molecule has 2 aliphatic rings. The number of aromatic nitrogens is 4. The predicted molar refractivity (Wildman–Crippen MR) is 184 cm³/mol. The fourth-order valence-corrected chi connectivity index (χ4v) is 6.76. The first-order valence-electron chi connectivity index (χ1n) is 16.1. The van der Waals surface area contributed by atoms with E-state index in [1.165, 1.54) is 0 Å². The molecule has 2 aromatic carbocycles. The number of nitrogens with one attached hydrogen (secondary N) is 2. The lowest BCUT2D eigenvalue weighted by atomic mass is 9.93. The van der Waals surface area contributed by atoms with E-state index in [0.717, 1.165) is 83.7 Å². The third-order valence-electron chi connectivity index (χ3n) is 8.92. The third-order valence-corrected chi connectivity index (χ3v) is 9.33. The number of allylic oxidation sites excluding steroid dienone is 1. The van der Waals surface area contributed by atoms with Gasteiger partial charge in [-0.25, -0.2) is 9.97 Å². The molecular weight excluding hydrogens is 614 g/mol. The van der Waals surface area contributed by atoms with E-state index in [-0.39, 0.29) is 6.10 Å². The summed E-state index contributed by atoms with van der Waals surface area (Å²) >= 11 is 7.12. The minimum Gasteiger partial charge on any atom is -0.480 e. The van der Waals surface area contributed by atoms with Crippen LogP contribution in [0.25, 0.3) is 33.6 Å². The van der Waals surface area contributed by atoms with Gasteiger partial charge < -0.3 is 25.2 Å². The second-order valence-electron chi connectivity index (χ2n) is 12.2. The topological polar surface area (TPSA) is 118 Å². The second-order valence-corrected chi connectivity index (χ2v) is 12.6. The van der Waals surface area contributed by atoms with Crippen LogP contribution < -0.4 is 20.1 Å². The fourth-order valence-electron chi connectivity index (χ4n) is 6.44. The van der Waals surface area contributed by atoms with Crippen LogP contribution >= 0.6 is 11.6 Å². The average molecular weight is 656 g/mol. The van der Waals surface area contributed by atoms with Crippen molar-refractivity contribution in [3.63, 3.8) is 0 Å². The SMILES string of the molecule is C=C1CC[C@@H](CNCc2ncc(-c3cccc(-c4cccc(-c5cnc(CN6CCC[C@@H](O)C6)c(OC)n5)c4C)c3Cl)nc2OC)N1. The molecule has 2 aromatic heterocycles. The lowest BCUT2D eigenvalue weighted by molar-refractivity contribution is 0.0656. The smallest absolute Gasteiger partial charge is 0.237 e. The summed E-state index contributed by atoms with van der Waals surface area (Å²) in [6.45, 7) is 9.54. The van der Waals surface area contributed by atoms with Crippen molar-refractivity contribution in [1.29, 1.82) is 0 Å². The average Bonchev–Trinajstić information content (AvgIpc) is 3.50. The number of ether oxygens (including phenoxy) is 2. The van der Waals surface area contributed by atoms with E-state index in [0.29, 0.717) is 53.8 Å². The summed E-state index contributed by atoms with van der Waals surface area (Å²) in [4.78, 5) is 21.3. The lowest BCUT2D eigenvalue weighted by Gasteiger charge is -2.29. The van der Waals surface area contributed by atoms with Gasteiger partial charge in [0.15, 0.2) is 0 Å². The number of hydrogen-bond acceptors (Lipinski definition) is 10. The number of benzene rings is 2. The highest BCUT2D eigenvalue weighted by Crippen LogP contribution is 2.40.